The summed E-state index contributed by atoms with van der Waals surface area (Å²) >= 11 is 0. The molecule has 0 N–H and O–H groups in total. The summed E-state index contributed by atoms with van der Waals surface area (Å²) in [5.41, 5.74) is 0. The van der Waals surface area contributed by atoms with Crippen LogP contribution in [-0.2, 0) is 0 Å². The second-order valence-corrected chi connectivity index (χ2v) is 6.12. The maximum Gasteiger partial charge on any atom is -0.0414 e. The van der Waals surface area contributed by atoms with E-state index in [1.54, 1.807) is 0 Å². The van der Waals surface area contributed by atoms with Crippen molar-refractivity contribution >= 4 is 0 Å². The van der Waals surface area contributed by atoms with E-state index in [-0.39, 0.29) is 0 Å². The fourth-order valence-electron chi connectivity index (χ4n) is 3.22. The van der Waals surface area contributed by atoms with E-state index in [1.807, 2.05) is 0 Å². The van der Waals surface area contributed by atoms with Gasteiger partial charge in [0.05, 0.1) is 0 Å². The molecule has 0 saturated heterocycles. The molecule has 0 heteroatoms. The first-order valence-corrected chi connectivity index (χ1v) is 8.43. The maximum absolute atomic E-state index is 2.32. The van der Waals surface area contributed by atoms with Crippen LogP contribution < -0.4 is 0 Å². The van der Waals surface area contributed by atoms with Gasteiger partial charge in [-0.05, 0) is 5.92 Å². The van der Waals surface area contributed by atoms with Gasteiger partial charge in [0.1, 0.15) is 0 Å². The van der Waals surface area contributed by atoms with Crippen LogP contribution in [0.4, 0.5) is 0 Å². The van der Waals surface area contributed by atoms with Gasteiger partial charge in [0.15, 0.2) is 0 Å². The van der Waals surface area contributed by atoms with Crippen molar-refractivity contribution in [2.24, 2.45) is 5.92 Å². The molecule has 1 fully saturated rings. The highest BCUT2D eigenvalue weighted by molar-refractivity contribution is 4.62. The zero-order valence-corrected chi connectivity index (χ0v) is 12.2. The first kappa shape index (κ1) is 15.1. The van der Waals surface area contributed by atoms with E-state index in [2.05, 4.69) is 6.92 Å². The molecule has 17 heavy (non-hydrogen) atoms. The molecule has 1 aliphatic carbocycles. The minimum Gasteiger partial charge on any atom is -0.0654 e. The summed E-state index contributed by atoms with van der Waals surface area (Å²) in [7, 11) is 0. The van der Waals surface area contributed by atoms with Crippen molar-refractivity contribution < 1.29 is 0 Å². The maximum atomic E-state index is 2.32. The highest BCUT2D eigenvalue weighted by Crippen LogP contribution is 2.25. The lowest BCUT2D eigenvalue weighted by Crippen LogP contribution is -2.02. The smallest absolute Gasteiger partial charge is 0.0414 e. The van der Waals surface area contributed by atoms with Crippen molar-refractivity contribution in [3.8, 4) is 0 Å². The van der Waals surface area contributed by atoms with Crippen molar-refractivity contribution in [1.82, 2.24) is 0 Å². The third kappa shape index (κ3) is 8.69. The third-order valence-corrected chi connectivity index (χ3v) is 4.44. The molecule has 0 amide bonds. The number of unbranched alkanes of at least 4 members (excludes halogenated alkanes) is 2. The van der Waals surface area contributed by atoms with Gasteiger partial charge < -0.3 is 0 Å². The van der Waals surface area contributed by atoms with Gasteiger partial charge in [-0.2, -0.15) is 0 Å². The molecular weight excluding hydrogens is 204 g/mol. The van der Waals surface area contributed by atoms with Gasteiger partial charge >= 0.3 is 0 Å². The second-order valence-electron chi connectivity index (χ2n) is 6.12. The molecular formula is C17H34. The van der Waals surface area contributed by atoms with Crippen LogP contribution in [0.25, 0.3) is 0 Å². The number of hydrogen-bond acceptors (Lipinski definition) is 0. The van der Waals surface area contributed by atoms with Gasteiger partial charge in [-0.3, -0.25) is 0 Å². The Morgan fingerprint density at radius 3 is 1.59 bits per heavy atom. The number of hydrogen-bond donors (Lipinski definition) is 0. The van der Waals surface area contributed by atoms with Crippen molar-refractivity contribution in [1.29, 1.82) is 0 Å². The molecule has 0 heterocycles. The lowest BCUT2D eigenvalue weighted by molar-refractivity contribution is 0.362. The Morgan fingerprint density at radius 2 is 1.12 bits per heavy atom. The average Bonchev–Trinajstić information content (AvgIpc) is 2.32. The standard InChI is InChI=1S/C17H34/c1-2-3-11-14-17-15-12-9-7-5-4-6-8-10-13-16-17/h17H,2-16H2,1H3. The van der Waals surface area contributed by atoms with Crippen LogP contribution in [0.5, 0.6) is 0 Å². The van der Waals surface area contributed by atoms with Gasteiger partial charge in [-0.1, -0.05) is 103 Å². The van der Waals surface area contributed by atoms with Crippen LogP contribution in [0.2, 0.25) is 0 Å². The molecule has 0 radical (unpaired) electrons. The quantitative estimate of drug-likeness (QED) is 0.491. The van der Waals surface area contributed by atoms with Gasteiger partial charge in [-0.15, -0.1) is 0 Å². The molecule has 102 valence electrons. The summed E-state index contributed by atoms with van der Waals surface area (Å²) in [5.74, 6) is 1.07. The van der Waals surface area contributed by atoms with Gasteiger partial charge in [-0.25, -0.2) is 0 Å². The van der Waals surface area contributed by atoms with E-state index in [1.165, 1.54) is 96.3 Å². The Morgan fingerprint density at radius 1 is 0.647 bits per heavy atom. The molecule has 0 spiro atoms. The molecule has 1 aliphatic rings. The molecule has 0 aliphatic heterocycles. The topological polar surface area (TPSA) is 0 Å². The van der Waals surface area contributed by atoms with E-state index in [4.69, 9.17) is 0 Å². The molecule has 0 unspecified atom stereocenters. The lowest BCUT2D eigenvalue weighted by Gasteiger charge is -2.17. The predicted octanol–water partition coefficient (Wildman–Crippen LogP) is 6.49. The Balaban J connectivity index is 2.17. The first-order valence-electron chi connectivity index (χ1n) is 8.43. The Kier molecular flexibility index (Phi) is 9.84. The fourth-order valence-corrected chi connectivity index (χ4v) is 3.22. The Hall–Kier alpha value is 0. The third-order valence-electron chi connectivity index (χ3n) is 4.44. The zero-order chi connectivity index (χ0) is 12.2. The minimum absolute atomic E-state index is 1.07. The van der Waals surface area contributed by atoms with Crippen molar-refractivity contribution in [3.63, 3.8) is 0 Å². The molecule has 0 aromatic heterocycles. The van der Waals surface area contributed by atoms with Gasteiger partial charge in [0.2, 0.25) is 0 Å². The van der Waals surface area contributed by atoms with Crippen LogP contribution in [0, 0.1) is 5.92 Å². The fraction of sp³-hybridized carbons (Fsp3) is 1.00. The lowest BCUT2D eigenvalue weighted by atomic mass is 9.89. The van der Waals surface area contributed by atoms with E-state index in [0.29, 0.717) is 0 Å². The molecule has 0 atom stereocenters. The highest BCUT2D eigenvalue weighted by Gasteiger charge is 2.08. The van der Waals surface area contributed by atoms with E-state index >= 15 is 0 Å². The van der Waals surface area contributed by atoms with Crippen molar-refractivity contribution in [2.45, 2.75) is 103 Å². The highest BCUT2D eigenvalue weighted by atomic mass is 14.1. The summed E-state index contributed by atoms with van der Waals surface area (Å²) in [5, 5.41) is 0. The largest absolute Gasteiger partial charge is 0.0654 e. The van der Waals surface area contributed by atoms with Crippen molar-refractivity contribution in [3.05, 3.63) is 0 Å². The van der Waals surface area contributed by atoms with Crippen LogP contribution in [-0.4, -0.2) is 0 Å². The van der Waals surface area contributed by atoms with Gasteiger partial charge in [0, 0.05) is 0 Å². The molecule has 0 nitrogen and oxygen atoms in total. The average molecular weight is 238 g/mol. The van der Waals surface area contributed by atoms with Crippen molar-refractivity contribution in [2.75, 3.05) is 0 Å². The minimum atomic E-state index is 1.07. The Bertz CT molecular complexity index is 138. The molecule has 0 aromatic rings. The predicted molar refractivity (Wildman–Crippen MR) is 78.4 cm³/mol. The molecule has 1 saturated carbocycles. The summed E-state index contributed by atoms with van der Waals surface area (Å²) in [6, 6.07) is 0. The van der Waals surface area contributed by atoms with Crippen LogP contribution in [0.3, 0.4) is 0 Å². The molecule has 1 rings (SSSR count). The zero-order valence-electron chi connectivity index (χ0n) is 12.2. The Labute approximate surface area is 110 Å². The summed E-state index contributed by atoms with van der Waals surface area (Å²) in [4.78, 5) is 0. The summed E-state index contributed by atoms with van der Waals surface area (Å²) in [6.07, 6.45) is 22.4. The van der Waals surface area contributed by atoms with Crippen LogP contribution >= 0.6 is 0 Å². The second kappa shape index (κ2) is 11.1. The SMILES string of the molecule is CCCCCC1CCCCCCCCCCC1. The summed E-state index contributed by atoms with van der Waals surface area (Å²) in [6.45, 7) is 2.32. The monoisotopic (exact) mass is 238 g/mol. The first-order chi connectivity index (χ1) is 8.43. The summed E-state index contributed by atoms with van der Waals surface area (Å²) < 4.78 is 0. The van der Waals surface area contributed by atoms with E-state index in [9.17, 15) is 0 Å². The number of rotatable bonds is 4. The molecule has 0 bridgehead atoms. The van der Waals surface area contributed by atoms with Crippen LogP contribution in [0.1, 0.15) is 103 Å². The van der Waals surface area contributed by atoms with E-state index < -0.39 is 0 Å². The molecule has 0 aromatic carbocycles. The van der Waals surface area contributed by atoms with Gasteiger partial charge in [0.25, 0.3) is 0 Å². The van der Waals surface area contributed by atoms with Crippen LogP contribution in [0.15, 0.2) is 0 Å². The van der Waals surface area contributed by atoms with E-state index in [0.717, 1.165) is 5.92 Å². The normalized spacial score (nSPS) is 21.7.